The van der Waals surface area contributed by atoms with E-state index in [9.17, 15) is 18.0 Å². The molecule has 1 aromatic carbocycles. The van der Waals surface area contributed by atoms with Gasteiger partial charge in [0.25, 0.3) is 0 Å². The van der Waals surface area contributed by atoms with Gasteiger partial charge in [0.1, 0.15) is 6.21 Å². The lowest BCUT2D eigenvalue weighted by molar-refractivity contribution is -0.137. The maximum absolute atomic E-state index is 12.1. The van der Waals surface area contributed by atoms with Crippen molar-refractivity contribution in [1.82, 2.24) is 0 Å². The molecule has 0 atom stereocenters. The molecule has 0 saturated heterocycles. The van der Waals surface area contributed by atoms with E-state index in [1.807, 2.05) is 41.5 Å². The van der Waals surface area contributed by atoms with Crippen LogP contribution in [0.4, 0.5) is 18.9 Å². The fourth-order valence-corrected chi connectivity index (χ4v) is 0.896. The summed E-state index contributed by atoms with van der Waals surface area (Å²) in [4.78, 5) is 10.0. The zero-order chi connectivity index (χ0) is 18.2. The van der Waals surface area contributed by atoms with Crippen LogP contribution in [0, 0.1) is 0 Å². The SMILES string of the molecule is CC.CC.CC.O=C(O)/C=N/Nc1ccc(C(F)(F)F)cc1. The largest absolute Gasteiger partial charge is 0.477 e. The Hall–Kier alpha value is -2.05. The van der Waals surface area contributed by atoms with E-state index in [1.54, 1.807) is 0 Å². The topological polar surface area (TPSA) is 61.7 Å². The third-order valence-electron chi connectivity index (χ3n) is 1.58. The van der Waals surface area contributed by atoms with Gasteiger partial charge in [-0.15, -0.1) is 0 Å². The van der Waals surface area contributed by atoms with Gasteiger partial charge in [-0.3, -0.25) is 5.43 Å². The highest BCUT2D eigenvalue weighted by Gasteiger charge is 2.29. The van der Waals surface area contributed by atoms with E-state index in [-0.39, 0.29) is 5.69 Å². The summed E-state index contributed by atoms with van der Waals surface area (Å²) in [5.74, 6) is -1.25. The van der Waals surface area contributed by atoms with Crippen molar-refractivity contribution in [2.45, 2.75) is 47.7 Å². The van der Waals surface area contributed by atoms with Crippen molar-refractivity contribution in [2.24, 2.45) is 5.10 Å². The van der Waals surface area contributed by atoms with E-state index in [0.29, 0.717) is 6.21 Å². The van der Waals surface area contributed by atoms with Crippen molar-refractivity contribution in [3.63, 3.8) is 0 Å². The highest BCUT2D eigenvalue weighted by molar-refractivity contribution is 6.22. The molecule has 7 heteroatoms. The molecule has 0 saturated carbocycles. The van der Waals surface area contributed by atoms with Crippen LogP contribution in [0.5, 0.6) is 0 Å². The van der Waals surface area contributed by atoms with Crippen LogP contribution in [0.25, 0.3) is 0 Å². The van der Waals surface area contributed by atoms with E-state index >= 15 is 0 Å². The van der Waals surface area contributed by atoms with Gasteiger partial charge in [0.15, 0.2) is 0 Å². The summed E-state index contributed by atoms with van der Waals surface area (Å²) in [6.07, 6.45) is -3.79. The number of benzene rings is 1. The lowest BCUT2D eigenvalue weighted by atomic mass is 10.2. The van der Waals surface area contributed by atoms with Crippen molar-refractivity contribution in [3.8, 4) is 0 Å². The van der Waals surface area contributed by atoms with Crippen LogP contribution >= 0.6 is 0 Å². The Morgan fingerprint density at radius 1 is 1.05 bits per heavy atom. The molecule has 0 aromatic heterocycles. The summed E-state index contributed by atoms with van der Waals surface area (Å²) in [5.41, 5.74) is 1.77. The first-order valence-corrected chi connectivity index (χ1v) is 7.09. The summed E-state index contributed by atoms with van der Waals surface area (Å²) in [6.45, 7) is 12.0. The number of hydrazone groups is 1. The smallest absolute Gasteiger partial charge is 0.416 e. The fourth-order valence-electron chi connectivity index (χ4n) is 0.896. The monoisotopic (exact) mass is 322 g/mol. The van der Waals surface area contributed by atoms with Crippen molar-refractivity contribution in [1.29, 1.82) is 0 Å². The molecular weight excluding hydrogens is 297 g/mol. The van der Waals surface area contributed by atoms with Crippen LogP contribution in [0.3, 0.4) is 0 Å². The first-order chi connectivity index (χ1) is 10.4. The van der Waals surface area contributed by atoms with Gasteiger partial charge in [0, 0.05) is 0 Å². The number of anilines is 1. The van der Waals surface area contributed by atoms with Gasteiger partial charge in [0.05, 0.1) is 11.3 Å². The quantitative estimate of drug-likeness (QED) is 0.589. The molecule has 0 unspecified atom stereocenters. The highest BCUT2D eigenvalue weighted by Crippen LogP contribution is 2.29. The standard InChI is InChI=1S/C9H7F3N2O2.3C2H6/c10-9(11,12)6-1-3-7(4-2-6)14-13-5-8(15)16;3*1-2/h1-5,14H,(H,15,16);3*1-2H3/b13-5+;;;. The van der Waals surface area contributed by atoms with Crippen LogP contribution < -0.4 is 5.43 Å². The molecule has 0 spiro atoms. The number of carbonyl (C=O) groups is 1. The number of rotatable bonds is 3. The minimum absolute atomic E-state index is 0.269. The van der Waals surface area contributed by atoms with Gasteiger partial charge in [-0.2, -0.15) is 18.3 Å². The third-order valence-corrected chi connectivity index (χ3v) is 1.58. The van der Waals surface area contributed by atoms with Crippen LogP contribution in [0.1, 0.15) is 47.1 Å². The minimum Gasteiger partial charge on any atom is -0.477 e. The van der Waals surface area contributed by atoms with Gasteiger partial charge >= 0.3 is 12.1 Å². The van der Waals surface area contributed by atoms with Gasteiger partial charge in [0.2, 0.25) is 0 Å². The molecule has 2 N–H and O–H groups in total. The second kappa shape index (κ2) is 15.3. The number of carboxylic acid groups (broad SMARTS) is 1. The molecule has 0 bridgehead atoms. The average molecular weight is 322 g/mol. The van der Waals surface area contributed by atoms with Crippen LogP contribution in [0.2, 0.25) is 0 Å². The van der Waals surface area contributed by atoms with Crippen LogP contribution in [-0.2, 0) is 11.0 Å². The van der Waals surface area contributed by atoms with Gasteiger partial charge in [-0.1, -0.05) is 41.5 Å². The molecule has 0 fully saturated rings. The average Bonchev–Trinajstić information content (AvgIpc) is 2.52. The Morgan fingerprint density at radius 3 is 1.77 bits per heavy atom. The Bertz CT molecular complexity index is 402. The molecule has 128 valence electrons. The lowest BCUT2D eigenvalue weighted by Crippen LogP contribution is -2.04. The van der Waals surface area contributed by atoms with E-state index in [0.717, 1.165) is 24.3 Å². The molecule has 4 nitrogen and oxygen atoms in total. The summed E-state index contributed by atoms with van der Waals surface area (Å²) >= 11 is 0. The first-order valence-electron chi connectivity index (χ1n) is 7.09. The third kappa shape index (κ3) is 13.0. The fraction of sp³-hybridized carbons (Fsp3) is 0.467. The number of hydrogen-bond donors (Lipinski definition) is 2. The van der Waals surface area contributed by atoms with E-state index < -0.39 is 17.7 Å². The van der Waals surface area contributed by atoms with Crippen molar-refractivity contribution < 1.29 is 23.1 Å². The number of nitrogens with one attached hydrogen (secondary N) is 1. The summed E-state index contributed by atoms with van der Waals surface area (Å²) in [7, 11) is 0. The molecule has 0 aliphatic heterocycles. The number of halogens is 3. The maximum atomic E-state index is 12.1. The predicted molar refractivity (Wildman–Crippen MR) is 85.2 cm³/mol. The Morgan fingerprint density at radius 2 is 1.45 bits per heavy atom. The maximum Gasteiger partial charge on any atom is 0.416 e. The Kier molecular flexibility index (Phi) is 17.4. The van der Waals surface area contributed by atoms with Crippen LogP contribution in [-0.4, -0.2) is 17.3 Å². The first kappa shape index (κ1) is 24.9. The van der Waals surface area contributed by atoms with Gasteiger partial charge < -0.3 is 5.11 Å². The van der Waals surface area contributed by atoms with Gasteiger partial charge in [-0.25, -0.2) is 4.79 Å². The number of carboxylic acids is 1. The molecule has 1 rings (SSSR count). The number of nitrogens with zero attached hydrogens (tertiary/aromatic N) is 1. The highest BCUT2D eigenvalue weighted by atomic mass is 19.4. The van der Waals surface area contributed by atoms with Crippen molar-refractivity contribution in [3.05, 3.63) is 29.8 Å². The van der Waals surface area contributed by atoms with E-state index in [2.05, 4.69) is 10.5 Å². The second-order valence-electron chi connectivity index (χ2n) is 2.78. The van der Waals surface area contributed by atoms with Crippen molar-refractivity contribution >= 4 is 17.9 Å². The molecular formula is C15H25F3N2O2. The number of hydrogen-bond acceptors (Lipinski definition) is 3. The molecule has 0 aliphatic rings. The zero-order valence-corrected chi connectivity index (χ0v) is 13.8. The second-order valence-corrected chi connectivity index (χ2v) is 2.78. The minimum atomic E-state index is -4.39. The lowest BCUT2D eigenvalue weighted by Gasteiger charge is -2.06. The van der Waals surface area contributed by atoms with E-state index in [1.165, 1.54) is 0 Å². The van der Waals surface area contributed by atoms with Gasteiger partial charge in [-0.05, 0) is 24.3 Å². The number of aliphatic carboxylic acids is 1. The molecule has 0 amide bonds. The summed E-state index contributed by atoms with van der Waals surface area (Å²) in [6, 6.07) is 4.06. The number of alkyl halides is 3. The normalized spacial score (nSPS) is 9.32. The molecule has 0 heterocycles. The van der Waals surface area contributed by atoms with Crippen molar-refractivity contribution in [2.75, 3.05) is 5.43 Å². The summed E-state index contributed by atoms with van der Waals surface area (Å²) in [5, 5.41) is 11.5. The molecule has 0 aliphatic carbocycles. The molecule has 1 aromatic rings. The Labute approximate surface area is 130 Å². The zero-order valence-electron chi connectivity index (χ0n) is 13.8. The molecule has 22 heavy (non-hydrogen) atoms. The molecule has 0 radical (unpaired) electrons. The van der Waals surface area contributed by atoms with Crippen LogP contribution in [0.15, 0.2) is 29.4 Å². The predicted octanol–water partition coefficient (Wildman–Crippen LogP) is 5.27. The van der Waals surface area contributed by atoms with E-state index in [4.69, 9.17) is 5.11 Å². The Balaban J connectivity index is -0.000000535. The summed E-state index contributed by atoms with van der Waals surface area (Å²) < 4.78 is 36.4.